The highest BCUT2D eigenvalue weighted by atomic mass is 79.9. The van der Waals surface area contributed by atoms with E-state index in [0.29, 0.717) is 23.3 Å². The first-order chi connectivity index (χ1) is 13.8. The lowest BCUT2D eigenvalue weighted by atomic mass is 10.1. The van der Waals surface area contributed by atoms with Crippen LogP contribution in [0.5, 0.6) is 0 Å². The van der Waals surface area contributed by atoms with Gasteiger partial charge in [0.2, 0.25) is 5.91 Å². The number of hydrogen-bond donors (Lipinski definition) is 3. The number of nitrogens with one attached hydrogen (secondary N) is 3. The topological polar surface area (TPSA) is 113 Å². The number of rotatable bonds is 5. The Balaban J connectivity index is 1.72. The fourth-order valence-corrected chi connectivity index (χ4v) is 3.17. The Hall–Kier alpha value is -3.20. The third-order valence-electron chi connectivity index (χ3n) is 4.40. The summed E-state index contributed by atoms with van der Waals surface area (Å²) in [6, 6.07) is 10.0. The Morgan fingerprint density at radius 2 is 1.90 bits per heavy atom. The van der Waals surface area contributed by atoms with Gasteiger partial charge in [-0.15, -0.1) is 0 Å². The van der Waals surface area contributed by atoms with E-state index in [9.17, 15) is 19.2 Å². The Morgan fingerprint density at radius 1 is 1.14 bits per heavy atom. The molecule has 1 aromatic heterocycles. The van der Waals surface area contributed by atoms with Crippen LogP contribution in [0.2, 0.25) is 0 Å². The summed E-state index contributed by atoms with van der Waals surface area (Å²) < 4.78 is 2.27. The molecule has 0 aliphatic rings. The number of fused-ring (bicyclic) bond motifs is 1. The van der Waals surface area contributed by atoms with Crippen molar-refractivity contribution in [2.75, 3.05) is 11.9 Å². The van der Waals surface area contributed by atoms with Gasteiger partial charge in [-0.25, -0.2) is 0 Å². The molecule has 0 aliphatic heterocycles. The Morgan fingerprint density at radius 3 is 2.59 bits per heavy atom. The zero-order valence-electron chi connectivity index (χ0n) is 15.8. The highest BCUT2D eigenvalue weighted by molar-refractivity contribution is 9.10. The van der Waals surface area contributed by atoms with Gasteiger partial charge in [-0.3, -0.25) is 19.2 Å². The van der Waals surface area contributed by atoms with E-state index in [0.717, 1.165) is 10.0 Å². The van der Waals surface area contributed by atoms with Crippen LogP contribution in [0.15, 0.2) is 50.5 Å². The smallest absolute Gasteiger partial charge is 0.316 e. The second-order valence-electron chi connectivity index (χ2n) is 6.43. The van der Waals surface area contributed by atoms with Gasteiger partial charge in [0, 0.05) is 22.3 Å². The van der Waals surface area contributed by atoms with Gasteiger partial charge in [-0.1, -0.05) is 15.9 Å². The predicted molar refractivity (Wildman–Crippen MR) is 114 cm³/mol. The predicted octanol–water partition coefficient (Wildman–Crippen LogP) is 2.15. The highest BCUT2D eigenvalue weighted by Gasteiger charge is 2.12. The first-order valence-corrected chi connectivity index (χ1v) is 9.70. The van der Waals surface area contributed by atoms with Crippen molar-refractivity contribution in [3.05, 3.63) is 72.7 Å². The molecule has 0 spiro atoms. The molecular weight excluding hydrogens is 440 g/mol. The van der Waals surface area contributed by atoms with Gasteiger partial charge in [-0.05, 0) is 55.8 Å². The molecule has 0 saturated carbocycles. The maximum Gasteiger partial charge on any atom is 0.316 e. The van der Waals surface area contributed by atoms with Crippen LogP contribution in [0.4, 0.5) is 5.69 Å². The van der Waals surface area contributed by atoms with Gasteiger partial charge in [0.15, 0.2) is 0 Å². The van der Waals surface area contributed by atoms with Crippen LogP contribution in [0, 0.1) is 6.92 Å². The number of hydrogen-bond acceptors (Lipinski definition) is 4. The molecule has 3 aromatic rings. The lowest BCUT2D eigenvalue weighted by Gasteiger charge is -2.10. The molecule has 0 radical (unpaired) electrons. The summed E-state index contributed by atoms with van der Waals surface area (Å²) in [5, 5.41) is 5.26. The third-order valence-corrected chi connectivity index (χ3v) is 5.29. The van der Waals surface area contributed by atoms with E-state index >= 15 is 0 Å². The molecule has 0 saturated heterocycles. The number of anilines is 1. The van der Waals surface area contributed by atoms with Crippen molar-refractivity contribution in [2.45, 2.75) is 20.4 Å². The van der Waals surface area contributed by atoms with Gasteiger partial charge in [-0.2, -0.15) is 0 Å². The zero-order chi connectivity index (χ0) is 21.1. The van der Waals surface area contributed by atoms with Crippen molar-refractivity contribution in [1.29, 1.82) is 0 Å². The number of benzene rings is 2. The van der Waals surface area contributed by atoms with Gasteiger partial charge in [0.25, 0.3) is 5.91 Å². The summed E-state index contributed by atoms with van der Waals surface area (Å²) in [6.07, 6.45) is 0. The number of carbonyl (C=O) groups excluding carboxylic acids is 2. The van der Waals surface area contributed by atoms with Crippen molar-refractivity contribution >= 4 is 44.5 Å². The monoisotopic (exact) mass is 458 g/mol. The standard InChI is InChI=1S/C20H19BrN4O4/c1-3-25-16-7-4-12(9-15(16)24-19(28)20(25)29)18(27)22-10-17(26)23-13-5-6-14(21)11(2)8-13/h4-9H,3,10H2,1-2H3,(H,22,27)(H,23,26)(H,24,28). The fraction of sp³-hybridized carbons (Fsp3) is 0.200. The molecule has 150 valence electrons. The lowest BCUT2D eigenvalue weighted by Crippen LogP contribution is -2.36. The normalized spacial score (nSPS) is 10.7. The second-order valence-corrected chi connectivity index (χ2v) is 7.28. The van der Waals surface area contributed by atoms with Gasteiger partial charge < -0.3 is 20.2 Å². The number of aromatic nitrogens is 2. The molecule has 0 fully saturated rings. The molecule has 1 heterocycles. The minimum atomic E-state index is -0.749. The van der Waals surface area contributed by atoms with Crippen molar-refractivity contribution in [1.82, 2.24) is 14.9 Å². The van der Waals surface area contributed by atoms with E-state index in [2.05, 4.69) is 31.5 Å². The fourth-order valence-electron chi connectivity index (χ4n) is 2.92. The SMILES string of the molecule is CCn1c(=O)c(=O)[nH]c2cc(C(=O)NCC(=O)Nc3ccc(Br)c(C)c3)ccc21. The van der Waals surface area contributed by atoms with Crippen LogP contribution in [-0.2, 0) is 11.3 Å². The number of H-pyrrole nitrogens is 1. The highest BCUT2D eigenvalue weighted by Crippen LogP contribution is 2.19. The van der Waals surface area contributed by atoms with E-state index in [-0.39, 0.29) is 18.0 Å². The molecule has 0 aliphatic carbocycles. The summed E-state index contributed by atoms with van der Waals surface area (Å²) in [7, 11) is 0. The van der Waals surface area contributed by atoms with Gasteiger partial charge >= 0.3 is 11.1 Å². The number of aryl methyl sites for hydroxylation is 2. The summed E-state index contributed by atoms with van der Waals surface area (Å²) in [4.78, 5) is 50.6. The van der Waals surface area contributed by atoms with Gasteiger partial charge in [0.05, 0.1) is 17.6 Å². The van der Waals surface area contributed by atoms with E-state index < -0.39 is 17.0 Å². The van der Waals surface area contributed by atoms with Crippen LogP contribution in [0.25, 0.3) is 11.0 Å². The molecule has 3 N–H and O–H groups in total. The number of carbonyl (C=O) groups is 2. The molecule has 29 heavy (non-hydrogen) atoms. The lowest BCUT2D eigenvalue weighted by molar-refractivity contribution is -0.115. The van der Waals surface area contributed by atoms with Crippen LogP contribution in [-0.4, -0.2) is 27.9 Å². The van der Waals surface area contributed by atoms with E-state index in [1.807, 2.05) is 19.1 Å². The molecule has 0 bridgehead atoms. The van der Waals surface area contributed by atoms with Crippen LogP contribution in [0.3, 0.4) is 0 Å². The molecule has 2 amide bonds. The second kappa shape index (κ2) is 8.44. The quantitative estimate of drug-likeness (QED) is 0.508. The molecule has 0 unspecified atom stereocenters. The number of nitrogens with zero attached hydrogens (tertiary/aromatic N) is 1. The maximum atomic E-state index is 12.4. The third kappa shape index (κ3) is 4.45. The minimum absolute atomic E-state index is 0.211. The Kier molecular flexibility index (Phi) is 5.97. The molecule has 3 rings (SSSR count). The van der Waals surface area contributed by atoms with Crippen molar-refractivity contribution in [3.63, 3.8) is 0 Å². The van der Waals surface area contributed by atoms with Crippen LogP contribution >= 0.6 is 15.9 Å². The Bertz CT molecular complexity index is 1230. The number of halogens is 1. The molecule has 0 atom stereocenters. The van der Waals surface area contributed by atoms with E-state index in [4.69, 9.17) is 0 Å². The molecule has 9 heteroatoms. The van der Waals surface area contributed by atoms with Crippen molar-refractivity contribution in [2.24, 2.45) is 0 Å². The summed E-state index contributed by atoms with van der Waals surface area (Å²) in [6.45, 7) is 3.79. The average Bonchev–Trinajstić information content (AvgIpc) is 2.69. The molecule has 2 aromatic carbocycles. The zero-order valence-corrected chi connectivity index (χ0v) is 17.4. The first-order valence-electron chi connectivity index (χ1n) is 8.91. The number of aromatic amines is 1. The summed E-state index contributed by atoms with van der Waals surface area (Å²) in [5.41, 5.74) is 1.38. The summed E-state index contributed by atoms with van der Waals surface area (Å²) >= 11 is 3.40. The van der Waals surface area contributed by atoms with E-state index in [1.165, 1.54) is 16.7 Å². The first kappa shape index (κ1) is 20.5. The van der Waals surface area contributed by atoms with Crippen LogP contribution in [0.1, 0.15) is 22.8 Å². The molecule has 8 nitrogen and oxygen atoms in total. The minimum Gasteiger partial charge on any atom is -0.343 e. The van der Waals surface area contributed by atoms with E-state index in [1.54, 1.807) is 19.1 Å². The number of amides is 2. The summed E-state index contributed by atoms with van der Waals surface area (Å²) in [5.74, 6) is -0.835. The van der Waals surface area contributed by atoms with Crippen LogP contribution < -0.4 is 21.8 Å². The largest absolute Gasteiger partial charge is 0.343 e. The molecular formula is C20H19BrN4O4. The maximum absolute atomic E-state index is 12.4. The van der Waals surface area contributed by atoms with Crippen molar-refractivity contribution < 1.29 is 9.59 Å². The van der Waals surface area contributed by atoms with Crippen molar-refractivity contribution in [3.8, 4) is 0 Å². The van der Waals surface area contributed by atoms with Gasteiger partial charge in [0.1, 0.15) is 0 Å². The average molecular weight is 459 g/mol. The Labute approximate surface area is 174 Å².